The van der Waals surface area contributed by atoms with E-state index in [0.717, 1.165) is 27.8 Å². The normalized spacial score (nSPS) is 11.7. The van der Waals surface area contributed by atoms with Gasteiger partial charge in [0.05, 0.1) is 0 Å². The van der Waals surface area contributed by atoms with Crippen LogP contribution in [0.2, 0.25) is 0 Å². The molecule has 0 aliphatic heterocycles. The average molecular weight is 545 g/mol. The highest BCUT2D eigenvalue weighted by molar-refractivity contribution is 7.90. The number of hydrogen-bond donors (Lipinski definition) is 2. The number of anilines is 1. The fourth-order valence-corrected chi connectivity index (χ4v) is 5.41. The second-order valence-corrected chi connectivity index (χ2v) is 12.2. The summed E-state index contributed by atoms with van der Waals surface area (Å²) in [5, 5.41) is -0.370. The summed E-state index contributed by atoms with van der Waals surface area (Å²) in [6, 6.07) is 17.5. The van der Waals surface area contributed by atoms with Crippen molar-refractivity contribution in [2.75, 3.05) is 5.73 Å². The molecule has 8 nitrogen and oxygen atoms in total. The molecule has 2 aromatic heterocycles. The Morgan fingerprint density at radius 1 is 0.949 bits per heavy atom. The third-order valence-electron chi connectivity index (χ3n) is 6.19. The lowest BCUT2D eigenvalue weighted by Crippen LogP contribution is -2.31. The molecular formula is C30H32N4O4S. The molecule has 0 atom stereocenters. The van der Waals surface area contributed by atoms with Crippen LogP contribution in [-0.2, 0) is 15.4 Å². The van der Waals surface area contributed by atoms with Crippen LogP contribution >= 0.6 is 0 Å². The van der Waals surface area contributed by atoms with Crippen LogP contribution in [0.5, 0.6) is 11.6 Å². The van der Waals surface area contributed by atoms with Gasteiger partial charge in [0, 0.05) is 11.8 Å². The number of aryl methyl sites for hydroxylation is 3. The Morgan fingerprint density at radius 2 is 1.62 bits per heavy atom. The zero-order chi connectivity index (χ0) is 28.5. The third-order valence-corrected chi connectivity index (χ3v) is 7.42. The zero-order valence-electron chi connectivity index (χ0n) is 22.9. The minimum atomic E-state index is -4.32. The first-order valence-electron chi connectivity index (χ1n) is 12.4. The van der Waals surface area contributed by atoms with Gasteiger partial charge in [-0.25, -0.2) is 14.7 Å². The highest BCUT2D eigenvalue weighted by atomic mass is 32.2. The molecule has 39 heavy (non-hydrogen) atoms. The molecule has 0 bridgehead atoms. The highest BCUT2D eigenvalue weighted by Crippen LogP contribution is 2.36. The zero-order valence-corrected chi connectivity index (χ0v) is 23.7. The molecule has 0 fully saturated rings. The van der Waals surface area contributed by atoms with Gasteiger partial charge in [0.15, 0.2) is 5.03 Å². The number of carbonyl (C=O) groups excluding carboxylic acids is 1. The SMILES string of the molecule is Cc1cc(C)c(Oc2ncc(-c3ccccc3C(C)(C)C)cc2C(=O)NS(=O)(=O)c2cccc(N)n2)c(C)c1. The summed E-state index contributed by atoms with van der Waals surface area (Å²) in [5.74, 6) is -0.359. The highest BCUT2D eigenvalue weighted by Gasteiger charge is 2.26. The van der Waals surface area contributed by atoms with E-state index in [0.29, 0.717) is 11.3 Å². The lowest BCUT2D eigenvalue weighted by molar-refractivity contribution is 0.0978. The summed E-state index contributed by atoms with van der Waals surface area (Å²) < 4.78 is 34.3. The maximum Gasteiger partial charge on any atom is 0.281 e. The van der Waals surface area contributed by atoms with Gasteiger partial charge in [-0.05, 0) is 66.6 Å². The number of nitrogens with two attached hydrogens (primary N) is 1. The van der Waals surface area contributed by atoms with Crippen molar-refractivity contribution in [3.63, 3.8) is 0 Å². The smallest absolute Gasteiger partial charge is 0.281 e. The van der Waals surface area contributed by atoms with Crippen molar-refractivity contribution in [2.45, 2.75) is 52.0 Å². The second-order valence-electron chi connectivity index (χ2n) is 10.5. The Hall–Kier alpha value is -4.24. The number of hydrogen-bond acceptors (Lipinski definition) is 7. The second kappa shape index (κ2) is 10.5. The molecular weight excluding hydrogens is 512 g/mol. The molecule has 0 unspecified atom stereocenters. The van der Waals surface area contributed by atoms with Gasteiger partial charge in [-0.15, -0.1) is 0 Å². The molecule has 3 N–H and O–H groups in total. The molecule has 4 rings (SSSR count). The van der Waals surface area contributed by atoms with Crippen LogP contribution in [0.25, 0.3) is 11.1 Å². The number of amides is 1. The molecule has 1 amide bonds. The first-order chi connectivity index (χ1) is 18.3. The van der Waals surface area contributed by atoms with Crippen LogP contribution in [-0.4, -0.2) is 24.3 Å². The van der Waals surface area contributed by atoms with Crippen molar-refractivity contribution in [3.05, 3.63) is 94.7 Å². The van der Waals surface area contributed by atoms with E-state index in [9.17, 15) is 13.2 Å². The summed E-state index contributed by atoms with van der Waals surface area (Å²) in [6.45, 7) is 12.1. The molecule has 0 aliphatic rings. The van der Waals surface area contributed by atoms with E-state index in [4.69, 9.17) is 10.5 Å². The Kier molecular flexibility index (Phi) is 7.48. The standard InChI is InChI=1S/C30H32N4O4S/c1-18-14-19(2)27(20(3)15-18)38-29-23(28(35)34-39(36,37)26-13-9-12-25(31)33-26)16-21(17-32-29)22-10-7-8-11-24(22)30(4,5)6/h7-17H,1-6H3,(H2,31,33)(H,34,35). The number of sulfonamides is 1. The Bertz CT molecular complexity index is 1650. The van der Waals surface area contributed by atoms with Gasteiger partial charge in [0.1, 0.15) is 17.1 Å². The van der Waals surface area contributed by atoms with Crippen molar-refractivity contribution in [1.82, 2.24) is 14.7 Å². The number of nitrogens with zero attached hydrogens (tertiary/aromatic N) is 2. The van der Waals surface area contributed by atoms with Crippen molar-refractivity contribution in [2.24, 2.45) is 0 Å². The minimum Gasteiger partial charge on any atom is -0.438 e. The molecule has 0 radical (unpaired) electrons. The average Bonchev–Trinajstić information content (AvgIpc) is 2.85. The summed E-state index contributed by atoms with van der Waals surface area (Å²) in [6.07, 6.45) is 1.63. The third kappa shape index (κ3) is 6.09. The molecule has 0 spiro atoms. The van der Waals surface area contributed by atoms with E-state index < -0.39 is 15.9 Å². The molecule has 0 saturated carbocycles. The molecule has 2 heterocycles. The van der Waals surface area contributed by atoms with Crippen molar-refractivity contribution in [3.8, 4) is 22.8 Å². The molecule has 2 aromatic carbocycles. The quantitative estimate of drug-likeness (QED) is 0.311. The number of rotatable bonds is 6. The van der Waals surface area contributed by atoms with Gasteiger partial charge in [0.25, 0.3) is 15.9 Å². The van der Waals surface area contributed by atoms with E-state index in [1.807, 2.05) is 57.2 Å². The Labute approximate surface area is 229 Å². The number of benzene rings is 2. The minimum absolute atomic E-state index is 0.0159. The predicted molar refractivity (Wildman–Crippen MR) is 152 cm³/mol. The predicted octanol–water partition coefficient (Wildman–Crippen LogP) is 5.86. The summed E-state index contributed by atoms with van der Waals surface area (Å²) in [5.41, 5.74) is 10.8. The van der Waals surface area contributed by atoms with Crippen LogP contribution < -0.4 is 15.2 Å². The number of carbonyl (C=O) groups is 1. The van der Waals surface area contributed by atoms with Gasteiger partial charge in [-0.1, -0.05) is 68.8 Å². The lowest BCUT2D eigenvalue weighted by atomic mass is 9.82. The number of nitrogen functional groups attached to an aromatic ring is 1. The van der Waals surface area contributed by atoms with Crippen molar-refractivity contribution < 1.29 is 17.9 Å². The first kappa shape index (κ1) is 27.8. The number of ether oxygens (including phenoxy) is 1. The van der Waals surface area contributed by atoms with Gasteiger partial charge >= 0.3 is 0 Å². The van der Waals surface area contributed by atoms with Crippen molar-refractivity contribution >= 4 is 21.7 Å². The van der Waals surface area contributed by atoms with Crippen LogP contribution in [0.4, 0.5) is 5.82 Å². The molecule has 0 aliphatic carbocycles. The van der Waals surface area contributed by atoms with E-state index in [1.54, 1.807) is 12.3 Å². The number of aromatic nitrogens is 2. The van der Waals surface area contributed by atoms with E-state index in [-0.39, 0.29) is 27.7 Å². The maximum absolute atomic E-state index is 13.5. The maximum atomic E-state index is 13.5. The Morgan fingerprint density at radius 3 is 2.26 bits per heavy atom. The fraction of sp³-hybridized carbons (Fsp3) is 0.233. The van der Waals surface area contributed by atoms with E-state index in [2.05, 4.69) is 35.5 Å². The van der Waals surface area contributed by atoms with Crippen molar-refractivity contribution in [1.29, 1.82) is 0 Å². The largest absolute Gasteiger partial charge is 0.438 e. The van der Waals surface area contributed by atoms with Gasteiger partial charge in [-0.2, -0.15) is 8.42 Å². The van der Waals surface area contributed by atoms with E-state index >= 15 is 0 Å². The Balaban J connectivity index is 1.84. The summed E-state index contributed by atoms with van der Waals surface area (Å²) >= 11 is 0. The van der Waals surface area contributed by atoms with Gasteiger partial charge < -0.3 is 10.5 Å². The number of nitrogens with one attached hydrogen (secondary N) is 1. The molecule has 4 aromatic rings. The van der Waals surface area contributed by atoms with Gasteiger partial charge in [-0.3, -0.25) is 4.79 Å². The van der Waals surface area contributed by atoms with Crippen LogP contribution in [0.3, 0.4) is 0 Å². The van der Waals surface area contributed by atoms with Crippen LogP contribution in [0.15, 0.2) is 71.9 Å². The fourth-order valence-electron chi connectivity index (χ4n) is 4.47. The molecule has 9 heteroatoms. The molecule has 0 saturated heterocycles. The lowest BCUT2D eigenvalue weighted by Gasteiger charge is -2.23. The summed E-state index contributed by atoms with van der Waals surface area (Å²) in [4.78, 5) is 21.9. The number of pyridine rings is 2. The van der Waals surface area contributed by atoms with Gasteiger partial charge in [0.2, 0.25) is 5.88 Å². The van der Waals surface area contributed by atoms with Crippen LogP contribution in [0.1, 0.15) is 53.4 Å². The molecule has 202 valence electrons. The van der Waals surface area contributed by atoms with Crippen LogP contribution in [0, 0.1) is 20.8 Å². The van der Waals surface area contributed by atoms with E-state index in [1.165, 1.54) is 18.2 Å². The monoisotopic (exact) mass is 544 g/mol. The first-order valence-corrected chi connectivity index (χ1v) is 13.9. The summed E-state index contributed by atoms with van der Waals surface area (Å²) in [7, 11) is -4.32. The topological polar surface area (TPSA) is 124 Å².